The zero-order chi connectivity index (χ0) is 21.0. The fourth-order valence-electron chi connectivity index (χ4n) is 3.79. The second-order valence-electron chi connectivity index (χ2n) is 6.87. The Labute approximate surface area is 174 Å². The van der Waals surface area contributed by atoms with E-state index in [0.29, 0.717) is 26.7 Å². The van der Waals surface area contributed by atoms with Crippen LogP contribution in [0.5, 0.6) is 11.5 Å². The molecule has 2 heterocycles. The number of aryl methyl sites for hydroxylation is 1. The number of Topliss-reactive ketones (excluding diaryl/α,β-unsaturated/α-hetero) is 1. The lowest BCUT2D eigenvalue weighted by Gasteiger charge is -2.28. The van der Waals surface area contributed by atoms with Gasteiger partial charge in [-0.1, -0.05) is 29.3 Å². The molecule has 6 nitrogen and oxygen atoms in total. The molecule has 0 radical (unpaired) electrons. The van der Waals surface area contributed by atoms with Crippen molar-refractivity contribution in [2.45, 2.75) is 26.2 Å². The number of halogens is 2. The quantitative estimate of drug-likeness (QED) is 0.271. The number of fused-ring (bicyclic) bond motifs is 3. The molecule has 0 saturated carbocycles. The van der Waals surface area contributed by atoms with Crippen molar-refractivity contribution in [2.75, 3.05) is 0 Å². The van der Waals surface area contributed by atoms with E-state index in [0.717, 1.165) is 0 Å². The minimum atomic E-state index is -0.665. The van der Waals surface area contributed by atoms with E-state index in [4.69, 9.17) is 32.4 Å². The highest BCUT2D eigenvalue weighted by molar-refractivity contribution is 6.35. The van der Waals surface area contributed by atoms with Gasteiger partial charge in [-0.15, -0.1) is 0 Å². The maximum atomic E-state index is 12.4. The molecule has 29 heavy (non-hydrogen) atoms. The molecular weight excluding hydrogens is 419 g/mol. The van der Waals surface area contributed by atoms with Crippen LogP contribution in [-0.2, 0) is 4.79 Å². The van der Waals surface area contributed by atoms with E-state index in [2.05, 4.69) is 0 Å². The van der Waals surface area contributed by atoms with E-state index in [1.54, 1.807) is 19.1 Å². The summed E-state index contributed by atoms with van der Waals surface area (Å²) in [5.41, 5.74) is 0.567. The predicted octanol–water partition coefficient (Wildman–Crippen LogP) is 4.76. The van der Waals surface area contributed by atoms with E-state index in [1.165, 1.54) is 19.1 Å². The highest BCUT2D eigenvalue weighted by Crippen LogP contribution is 2.50. The van der Waals surface area contributed by atoms with E-state index in [1.807, 2.05) is 0 Å². The van der Waals surface area contributed by atoms with Gasteiger partial charge in [0.05, 0.1) is 11.8 Å². The van der Waals surface area contributed by atoms with Crippen LogP contribution in [0.4, 0.5) is 0 Å². The average Bonchev–Trinajstić information content (AvgIpc) is 2.59. The Bertz CT molecular complexity index is 1270. The first-order valence-corrected chi connectivity index (χ1v) is 9.44. The molecular formula is C21H14Cl2O6. The number of carbonyl (C=O) groups is 2. The summed E-state index contributed by atoms with van der Waals surface area (Å²) in [7, 11) is 0. The highest BCUT2D eigenvalue weighted by Gasteiger charge is 2.37. The van der Waals surface area contributed by atoms with Crippen LogP contribution in [0.25, 0.3) is 11.0 Å². The number of aromatic hydroxyl groups is 1. The van der Waals surface area contributed by atoms with Crippen LogP contribution in [0.15, 0.2) is 33.5 Å². The smallest absolute Gasteiger partial charge is 0.336 e. The predicted molar refractivity (Wildman–Crippen MR) is 107 cm³/mol. The van der Waals surface area contributed by atoms with E-state index < -0.39 is 29.0 Å². The van der Waals surface area contributed by atoms with Gasteiger partial charge in [0.2, 0.25) is 0 Å². The third-order valence-electron chi connectivity index (χ3n) is 4.97. The van der Waals surface area contributed by atoms with Gasteiger partial charge in [0.25, 0.3) is 0 Å². The number of esters is 1. The van der Waals surface area contributed by atoms with Crippen molar-refractivity contribution in [2.24, 2.45) is 0 Å². The normalized spacial score (nSPS) is 15.9. The van der Waals surface area contributed by atoms with E-state index in [9.17, 15) is 19.5 Å². The third kappa shape index (κ3) is 3.09. The fourth-order valence-corrected chi connectivity index (χ4v) is 4.33. The van der Waals surface area contributed by atoms with Crippen molar-refractivity contribution < 1.29 is 23.8 Å². The van der Waals surface area contributed by atoms with Crippen LogP contribution in [0.1, 0.15) is 46.3 Å². The van der Waals surface area contributed by atoms with E-state index in [-0.39, 0.29) is 28.7 Å². The van der Waals surface area contributed by atoms with Gasteiger partial charge < -0.3 is 14.3 Å². The molecule has 1 aromatic heterocycles. The van der Waals surface area contributed by atoms with Gasteiger partial charge in [0, 0.05) is 27.6 Å². The number of ether oxygens (including phenoxy) is 1. The maximum absolute atomic E-state index is 12.4. The molecule has 0 aliphatic carbocycles. The summed E-state index contributed by atoms with van der Waals surface area (Å²) in [6.07, 6.45) is -0.0940. The van der Waals surface area contributed by atoms with Crippen LogP contribution in [0, 0.1) is 6.92 Å². The van der Waals surface area contributed by atoms with Crippen molar-refractivity contribution in [1.82, 2.24) is 0 Å². The van der Waals surface area contributed by atoms with Gasteiger partial charge in [0.15, 0.2) is 11.5 Å². The molecule has 2 aromatic carbocycles. The van der Waals surface area contributed by atoms with Crippen LogP contribution in [-0.4, -0.2) is 16.9 Å². The fraction of sp³-hybridized carbons (Fsp3) is 0.190. The number of hydrogen-bond donors (Lipinski definition) is 1. The van der Waals surface area contributed by atoms with Gasteiger partial charge >= 0.3 is 11.6 Å². The summed E-state index contributed by atoms with van der Waals surface area (Å²) in [4.78, 5) is 36.8. The standard InChI is InChI=1S/C21H14Cl2O6/c1-8-5-14(25)28-20-16(8)19(27)17(9(2)24)21-18(20)12(7-15(26)29-21)11-4-3-10(22)6-13(11)23/h3-6,12,27H,7H2,1-2H3. The molecule has 0 spiro atoms. The van der Waals surface area contributed by atoms with Gasteiger partial charge in [-0.25, -0.2) is 4.79 Å². The van der Waals surface area contributed by atoms with Gasteiger partial charge in [-0.05, 0) is 37.1 Å². The van der Waals surface area contributed by atoms with Crippen molar-refractivity contribution in [3.63, 3.8) is 0 Å². The summed E-state index contributed by atoms with van der Waals surface area (Å²) >= 11 is 12.4. The number of benzene rings is 2. The van der Waals surface area contributed by atoms with Crippen molar-refractivity contribution in [1.29, 1.82) is 0 Å². The monoisotopic (exact) mass is 432 g/mol. The number of phenols is 1. The molecule has 3 aromatic rings. The summed E-state index contributed by atoms with van der Waals surface area (Å²) in [5, 5.41) is 11.7. The van der Waals surface area contributed by atoms with Crippen LogP contribution in [0.3, 0.4) is 0 Å². The number of rotatable bonds is 2. The van der Waals surface area contributed by atoms with Crippen LogP contribution in [0.2, 0.25) is 10.0 Å². The highest BCUT2D eigenvalue weighted by atomic mass is 35.5. The second-order valence-corrected chi connectivity index (χ2v) is 7.72. The first-order valence-electron chi connectivity index (χ1n) is 8.68. The zero-order valence-corrected chi connectivity index (χ0v) is 16.9. The first kappa shape index (κ1) is 19.5. The molecule has 0 amide bonds. The minimum absolute atomic E-state index is 0.0519. The Morgan fingerprint density at radius 3 is 2.59 bits per heavy atom. The molecule has 1 aliphatic rings. The van der Waals surface area contributed by atoms with Crippen molar-refractivity contribution in [3.8, 4) is 11.5 Å². The zero-order valence-electron chi connectivity index (χ0n) is 15.3. The summed E-state index contributed by atoms with van der Waals surface area (Å²) < 4.78 is 10.8. The molecule has 1 atom stereocenters. The van der Waals surface area contributed by atoms with Gasteiger partial charge in [-0.2, -0.15) is 0 Å². The Morgan fingerprint density at radius 2 is 1.93 bits per heavy atom. The Balaban J connectivity index is 2.19. The van der Waals surface area contributed by atoms with Crippen LogP contribution >= 0.6 is 23.2 Å². The molecule has 148 valence electrons. The first-order chi connectivity index (χ1) is 13.7. The number of hydrogen-bond acceptors (Lipinski definition) is 6. The summed E-state index contributed by atoms with van der Waals surface area (Å²) in [5.74, 6) is -2.29. The molecule has 0 saturated heterocycles. The Hall–Kier alpha value is -2.83. The SMILES string of the molecule is CC(=O)c1c2c(c3oc(=O)cc(C)c3c1O)C(c1ccc(Cl)cc1Cl)CC(=O)O2. The molecule has 1 N–H and O–H groups in total. The molecule has 4 rings (SSSR count). The van der Waals surface area contributed by atoms with Crippen molar-refractivity contribution in [3.05, 3.63) is 67.0 Å². The minimum Gasteiger partial charge on any atom is -0.506 e. The van der Waals surface area contributed by atoms with Crippen LogP contribution < -0.4 is 10.4 Å². The molecule has 0 fully saturated rings. The van der Waals surface area contributed by atoms with E-state index >= 15 is 0 Å². The topological polar surface area (TPSA) is 93.8 Å². The number of carbonyl (C=O) groups excluding carboxylic acids is 2. The Kier molecular flexibility index (Phi) is 4.63. The number of ketones is 1. The van der Waals surface area contributed by atoms with Gasteiger partial charge in [-0.3, -0.25) is 9.59 Å². The third-order valence-corrected chi connectivity index (χ3v) is 5.54. The second kappa shape index (κ2) is 6.90. The lowest BCUT2D eigenvalue weighted by Crippen LogP contribution is -2.24. The molecule has 0 bridgehead atoms. The van der Waals surface area contributed by atoms with Gasteiger partial charge in [0.1, 0.15) is 16.9 Å². The lowest BCUT2D eigenvalue weighted by atomic mass is 9.82. The lowest BCUT2D eigenvalue weighted by molar-refractivity contribution is -0.135. The number of phenolic OH excluding ortho intramolecular Hbond substituents is 1. The van der Waals surface area contributed by atoms with Crippen molar-refractivity contribution >= 4 is 45.9 Å². The molecule has 1 unspecified atom stereocenters. The molecule has 1 aliphatic heterocycles. The summed E-state index contributed by atoms with van der Waals surface area (Å²) in [6.45, 7) is 2.87. The Morgan fingerprint density at radius 1 is 1.21 bits per heavy atom. The molecule has 8 heteroatoms. The largest absolute Gasteiger partial charge is 0.506 e. The summed E-state index contributed by atoms with van der Waals surface area (Å²) in [6, 6.07) is 6.04. The average molecular weight is 433 g/mol. The maximum Gasteiger partial charge on any atom is 0.336 e.